The van der Waals surface area contributed by atoms with Crippen LogP contribution in [0.15, 0.2) is 36.4 Å². The average molecular weight is 284 g/mol. The number of nitrogens with one attached hydrogen (secondary N) is 1. The molecule has 0 atom stereocenters. The Balaban J connectivity index is 2.28. The molecule has 0 aliphatic carbocycles. The van der Waals surface area contributed by atoms with Gasteiger partial charge in [-0.3, -0.25) is 4.79 Å². The van der Waals surface area contributed by atoms with Gasteiger partial charge in [0, 0.05) is 25.5 Å². The van der Waals surface area contributed by atoms with Gasteiger partial charge in [0.2, 0.25) is 0 Å². The number of hydrogen-bond acceptors (Lipinski definition) is 3. The normalized spacial score (nSPS) is 10.3. The number of phenols is 1. The molecule has 0 saturated carbocycles. The highest BCUT2D eigenvalue weighted by atomic mass is 16.3. The van der Waals surface area contributed by atoms with Crippen LogP contribution in [-0.4, -0.2) is 25.1 Å². The molecule has 0 aliphatic heterocycles. The number of phenolic OH excluding ortho intramolecular Hbond substituents is 1. The Kier molecular flexibility index (Phi) is 4.17. The fraction of sp³-hybridized carbons (Fsp3) is 0.235. The minimum Gasteiger partial charge on any atom is -0.507 e. The van der Waals surface area contributed by atoms with E-state index < -0.39 is 0 Å². The maximum atomic E-state index is 12.3. The number of aryl methyl sites for hydroxylation is 2. The highest BCUT2D eigenvalue weighted by Gasteiger charge is 2.13. The minimum absolute atomic E-state index is 0.0231. The monoisotopic (exact) mass is 284 g/mol. The van der Waals surface area contributed by atoms with E-state index in [1.165, 1.54) is 0 Å². The van der Waals surface area contributed by atoms with Crippen molar-refractivity contribution in [2.45, 2.75) is 13.8 Å². The molecule has 2 N–H and O–H groups in total. The van der Waals surface area contributed by atoms with Gasteiger partial charge in [-0.1, -0.05) is 18.2 Å². The van der Waals surface area contributed by atoms with E-state index in [4.69, 9.17) is 0 Å². The first kappa shape index (κ1) is 14.9. The number of nitrogens with zero attached hydrogens (tertiary/aromatic N) is 1. The van der Waals surface area contributed by atoms with Crippen molar-refractivity contribution in [3.05, 3.63) is 53.1 Å². The molecule has 4 nitrogen and oxygen atoms in total. The summed E-state index contributed by atoms with van der Waals surface area (Å²) in [5.41, 5.74) is 3.84. The van der Waals surface area contributed by atoms with Crippen LogP contribution in [0.4, 0.5) is 11.4 Å². The third-order valence-electron chi connectivity index (χ3n) is 3.43. The van der Waals surface area contributed by atoms with E-state index in [0.29, 0.717) is 11.3 Å². The van der Waals surface area contributed by atoms with E-state index in [2.05, 4.69) is 5.32 Å². The molecule has 110 valence electrons. The van der Waals surface area contributed by atoms with Crippen molar-refractivity contribution in [2.75, 3.05) is 24.3 Å². The van der Waals surface area contributed by atoms with Gasteiger partial charge in [0.05, 0.1) is 5.56 Å². The molecule has 21 heavy (non-hydrogen) atoms. The highest BCUT2D eigenvalue weighted by Crippen LogP contribution is 2.25. The number of anilines is 2. The zero-order valence-corrected chi connectivity index (χ0v) is 12.8. The molecule has 1 amide bonds. The van der Waals surface area contributed by atoms with Crippen LogP contribution in [0, 0.1) is 13.8 Å². The number of carbonyl (C=O) groups is 1. The van der Waals surface area contributed by atoms with Gasteiger partial charge in [0.1, 0.15) is 5.75 Å². The Bertz CT molecular complexity index is 678. The standard InChI is InChI=1S/C17H20N2O2/c1-11-8-9-13(10-15(11)19(3)4)18-17(21)14-7-5-6-12(2)16(14)20/h5-10,20H,1-4H3,(H,18,21). The van der Waals surface area contributed by atoms with Gasteiger partial charge in [-0.15, -0.1) is 0 Å². The second kappa shape index (κ2) is 5.87. The van der Waals surface area contributed by atoms with E-state index in [0.717, 1.165) is 11.3 Å². The van der Waals surface area contributed by atoms with Crippen LogP contribution in [0.2, 0.25) is 0 Å². The fourth-order valence-electron chi connectivity index (χ4n) is 2.21. The maximum Gasteiger partial charge on any atom is 0.259 e. The van der Waals surface area contributed by atoms with Crippen LogP contribution in [0.25, 0.3) is 0 Å². The van der Waals surface area contributed by atoms with Crippen LogP contribution in [0.5, 0.6) is 5.75 Å². The number of carbonyl (C=O) groups excluding carboxylic acids is 1. The number of hydrogen-bond donors (Lipinski definition) is 2. The Hall–Kier alpha value is -2.49. The lowest BCUT2D eigenvalue weighted by Crippen LogP contribution is -2.14. The number of aromatic hydroxyl groups is 1. The Labute approximate surface area is 125 Å². The van der Waals surface area contributed by atoms with Gasteiger partial charge < -0.3 is 15.3 Å². The van der Waals surface area contributed by atoms with Crippen molar-refractivity contribution in [2.24, 2.45) is 0 Å². The van der Waals surface area contributed by atoms with Crippen LogP contribution in [0.3, 0.4) is 0 Å². The van der Waals surface area contributed by atoms with E-state index in [9.17, 15) is 9.90 Å². The molecule has 2 aromatic rings. The van der Waals surface area contributed by atoms with E-state index in [-0.39, 0.29) is 17.2 Å². The molecule has 0 aromatic heterocycles. The molecule has 0 bridgehead atoms. The molecular formula is C17H20N2O2. The van der Waals surface area contributed by atoms with Crippen molar-refractivity contribution in [1.29, 1.82) is 0 Å². The van der Waals surface area contributed by atoms with Crippen LogP contribution in [0.1, 0.15) is 21.5 Å². The first-order valence-electron chi connectivity index (χ1n) is 6.78. The first-order valence-corrected chi connectivity index (χ1v) is 6.78. The third kappa shape index (κ3) is 3.16. The lowest BCUT2D eigenvalue weighted by molar-refractivity contribution is 0.102. The van der Waals surface area contributed by atoms with Gasteiger partial charge in [-0.25, -0.2) is 0 Å². The van der Waals surface area contributed by atoms with Crippen molar-refractivity contribution in [1.82, 2.24) is 0 Å². The summed E-state index contributed by atoms with van der Waals surface area (Å²) in [6.07, 6.45) is 0. The molecule has 0 unspecified atom stereocenters. The molecule has 2 aromatic carbocycles. The second-order valence-electron chi connectivity index (χ2n) is 5.32. The SMILES string of the molecule is Cc1ccc(NC(=O)c2cccc(C)c2O)cc1N(C)C. The zero-order valence-electron chi connectivity index (χ0n) is 12.8. The topological polar surface area (TPSA) is 52.6 Å². The summed E-state index contributed by atoms with van der Waals surface area (Å²) in [7, 11) is 3.92. The summed E-state index contributed by atoms with van der Waals surface area (Å²) in [6.45, 7) is 3.79. The fourth-order valence-corrected chi connectivity index (χ4v) is 2.21. The highest BCUT2D eigenvalue weighted by molar-refractivity contribution is 6.06. The molecule has 0 heterocycles. The average Bonchev–Trinajstić information content (AvgIpc) is 2.43. The van der Waals surface area contributed by atoms with E-state index in [1.54, 1.807) is 25.1 Å². The van der Waals surface area contributed by atoms with Gasteiger partial charge in [0.25, 0.3) is 5.91 Å². The summed E-state index contributed by atoms with van der Waals surface area (Å²) >= 11 is 0. The van der Waals surface area contributed by atoms with E-state index in [1.807, 2.05) is 44.1 Å². The van der Waals surface area contributed by atoms with Gasteiger partial charge in [0.15, 0.2) is 0 Å². The number of amides is 1. The largest absolute Gasteiger partial charge is 0.507 e. The van der Waals surface area contributed by atoms with Crippen LogP contribution >= 0.6 is 0 Å². The van der Waals surface area contributed by atoms with Crippen molar-refractivity contribution in [3.8, 4) is 5.75 Å². The first-order chi connectivity index (χ1) is 9.90. The number of benzene rings is 2. The second-order valence-corrected chi connectivity index (χ2v) is 5.32. The van der Waals surface area contributed by atoms with Gasteiger partial charge >= 0.3 is 0 Å². The predicted molar refractivity (Wildman–Crippen MR) is 86.3 cm³/mol. The smallest absolute Gasteiger partial charge is 0.259 e. The van der Waals surface area contributed by atoms with Gasteiger partial charge in [-0.2, -0.15) is 0 Å². The van der Waals surface area contributed by atoms with Gasteiger partial charge in [-0.05, 0) is 43.2 Å². The molecule has 0 spiro atoms. The Morgan fingerprint density at radius 3 is 2.48 bits per heavy atom. The minimum atomic E-state index is -0.315. The Morgan fingerprint density at radius 2 is 1.81 bits per heavy atom. The third-order valence-corrected chi connectivity index (χ3v) is 3.43. The molecule has 0 saturated heterocycles. The quantitative estimate of drug-likeness (QED) is 0.909. The van der Waals surface area contributed by atoms with Crippen molar-refractivity contribution in [3.63, 3.8) is 0 Å². The molecule has 4 heteroatoms. The molecular weight excluding hydrogens is 264 g/mol. The van der Waals surface area contributed by atoms with Crippen molar-refractivity contribution >= 4 is 17.3 Å². The summed E-state index contributed by atoms with van der Waals surface area (Å²) in [6, 6.07) is 10.9. The summed E-state index contributed by atoms with van der Waals surface area (Å²) in [4.78, 5) is 14.3. The molecule has 0 radical (unpaired) electrons. The lowest BCUT2D eigenvalue weighted by Gasteiger charge is -2.17. The molecule has 2 rings (SSSR count). The number of rotatable bonds is 3. The molecule has 0 aliphatic rings. The lowest BCUT2D eigenvalue weighted by atomic mass is 10.1. The maximum absolute atomic E-state index is 12.3. The summed E-state index contributed by atoms with van der Waals surface area (Å²) in [5, 5.41) is 12.8. The molecule has 0 fully saturated rings. The van der Waals surface area contributed by atoms with Crippen LogP contribution < -0.4 is 10.2 Å². The predicted octanol–water partition coefficient (Wildman–Crippen LogP) is 3.33. The Morgan fingerprint density at radius 1 is 1.10 bits per heavy atom. The summed E-state index contributed by atoms with van der Waals surface area (Å²) < 4.78 is 0. The van der Waals surface area contributed by atoms with Crippen LogP contribution in [-0.2, 0) is 0 Å². The number of para-hydroxylation sites is 1. The van der Waals surface area contributed by atoms with E-state index >= 15 is 0 Å². The zero-order chi connectivity index (χ0) is 15.6. The summed E-state index contributed by atoms with van der Waals surface area (Å²) in [5.74, 6) is -0.292. The van der Waals surface area contributed by atoms with Crippen molar-refractivity contribution < 1.29 is 9.90 Å².